The summed E-state index contributed by atoms with van der Waals surface area (Å²) in [5.41, 5.74) is 9.29. The van der Waals surface area contributed by atoms with Gasteiger partial charge in [-0.1, -0.05) is 19.1 Å². The number of fused-ring (bicyclic) bond motifs is 1. The molecule has 2 aromatic carbocycles. The first-order chi connectivity index (χ1) is 10.6. The maximum atomic E-state index is 12.6. The number of amides is 1. The van der Waals surface area contributed by atoms with E-state index in [4.69, 9.17) is 10.2 Å². The fourth-order valence-corrected chi connectivity index (χ4v) is 2.37. The molecule has 1 aromatic heterocycles. The third kappa shape index (κ3) is 2.53. The van der Waals surface area contributed by atoms with Crippen molar-refractivity contribution in [1.82, 2.24) is 4.98 Å². The Morgan fingerprint density at radius 1 is 1.27 bits per heavy atom. The van der Waals surface area contributed by atoms with Gasteiger partial charge in [-0.15, -0.1) is 0 Å². The molecule has 5 nitrogen and oxygen atoms in total. The number of nitrogen functional groups attached to an aromatic ring is 1. The van der Waals surface area contributed by atoms with Crippen LogP contribution in [-0.4, -0.2) is 17.9 Å². The Bertz CT molecular complexity index is 839. The highest BCUT2D eigenvalue weighted by molar-refractivity contribution is 6.07. The first kappa shape index (κ1) is 14.1. The number of aromatic nitrogens is 1. The lowest BCUT2D eigenvalue weighted by Gasteiger charge is -2.18. The van der Waals surface area contributed by atoms with Crippen molar-refractivity contribution in [2.24, 2.45) is 0 Å². The first-order valence-electron chi connectivity index (χ1n) is 7.11. The third-order valence-corrected chi connectivity index (χ3v) is 3.66. The van der Waals surface area contributed by atoms with Crippen LogP contribution in [0.5, 0.6) is 0 Å². The zero-order valence-corrected chi connectivity index (χ0v) is 12.5. The van der Waals surface area contributed by atoms with E-state index in [-0.39, 0.29) is 11.9 Å². The number of benzene rings is 2. The van der Waals surface area contributed by atoms with Crippen LogP contribution in [0.4, 0.5) is 11.7 Å². The number of hydrogen-bond donors (Lipinski definition) is 1. The van der Waals surface area contributed by atoms with Gasteiger partial charge in [-0.3, -0.25) is 4.79 Å². The van der Waals surface area contributed by atoms with Gasteiger partial charge in [0, 0.05) is 18.3 Å². The summed E-state index contributed by atoms with van der Waals surface area (Å²) in [7, 11) is 1.76. The highest BCUT2D eigenvalue weighted by Gasteiger charge is 2.15. The van der Waals surface area contributed by atoms with Crippen LogP contribution in [0, 0.1) is 0 Å². The molecule has 0 spiro atoms. The highest BCUT2D eigenvalue weighted by Crippen LogP contribution is 2.21. The van der Waals surface area contributed by atoms with Crippen LogP contribution >= 0.6 is 0 Å². The smallest absolute Gasteiger partial charge is 0.292 e. The van der Waals surface area contributed by atoms with Crippen molar-refractivity contribution in [2.45, 2.75) is 13.3 Å². The van der Waals surface area contributed by atoms with Crippen molar-refractivity contribution >= 4 is 28.7 Å². The maximum absolute atomic E-state index is 12.6. The predicted molar refractivity (Wildman–Crippen MR) is 87.0 cm³/mol. The van der Waals surface area contributed by atoms with Crippen molar-refractivity contribution < 1.29 is 9.21 Å². The number of nitrogens with two attached hydrogens (primary N) is 1. The fourth-order valence-electron chi connectivity index (χ4n) is 2.37. The molecule has 0 fully saturated rings. The molecule has 0 aliphatic rings. The summed E-state index contributed by atoms with van der Waals surface area (Å²) in [6.45, 7) is 2.09. The number of aryl methyl sites for hydroxylation is 1. The Balaban J connectivity index is 1.93. The lowest BCUT2D eigenvalue weighted by Crippen LogP contribution is -2.26. The molecular formula is C17H17N3O2. The molecule has 22 heavy (non-hydrogen) atoms. The van der Waals surface area contributed by atoms with Gasteiger partial charge in [0.2, 0.25) is 0 Å². The molecule has 2 N–H and O–H groups in total. The van der Waals surface area contributed by atoms with E-state index in [2.05, 4.69) is 11.9 Å². The monoisotopic (exact) mass is 295 g/mol. The van der Waals surface area contributed by atoms with Gasteiger partial charge in [0.05, 0.1) is 0 Å². The molecule has 112 valence electrons. The number of anilines is 2. The van der Waals surface area contributed by atoms with Crippen LogP contribution in [-0.2, 0) is 6.42 Å². The number of carbonyl (C=O) groups is 1. The summed E-state index contributed by atoms with van der Waals surface area (Å²) >= 11 is 0. The summed E-state index contributed by atoms with van der Waals surface area (Å²) in [4.78, 5) is 18.3. The SMILES string of the molecule is CCc1cccc(N(C)C(=O)c2ccc3oc(N)nc3c2)c1. The normalized spacial score (nSPS) is 10.8. The molecule has 0 aliphatic heterocycles. The maximum Gasteiger partial charge on any atom is 0.292 e. The zero-order chi connectivity index (χ0) is 15.7. The summed E-state index contributed by atoms with van der Waals surface area (Å²) in [5, 5.41) is 0. The Morgan fingerprint density at radius 2 is 2.09 bits per heavy atom. The van der Waals surface area contributed by atoms with Gasteiger partial charge < -0.3 is 15.1 Å². The van der Waals surface area contributed by atoms with E-state index in [0.29, 0.717) is 16.7 Å². The van der Waals surface area contributed by atoms with Gasteiger partial charge in [0.1, 0.15) is 5.52 Å². The molecule has 3 aromatic rings. The molecule has 3 rings (SSSR count). The minimum absolute atomic E-state index is 0.100. The highest BCUT2D eigenvalue weighted by atomic mass is 16.4. The average Bonchev–Trinajstić information content (AvgIpc) is 2.92. The van der Waals surface area contributed by atoms with Gasteiger partial charge in [0.25, 0.3) is 11.9 Å². The van der Waals surface area contributed by atoms with E-state index < -0.39 is 0 Å². The topological polar surface area (TPSA) is 72.4 Å². The van der Waals surface area contributed by atoms with Crippen molar-refractivity contribution in [3.8, 4) is 0 Å². The molecule has 5 heteroatoms. The predicted octanol–water partition coefficient (Wildman–Crippen LogP) is 3.25. The summed E-state index contributed by atoms with van der Waals surface area (Å²) in [6.07, 6.45) is 0.931. The quantitative estimate of drug-likeness (QED) is 0.805. The molecule has 0 unspecified atom stereocenters. The van der Waals surface area contributed by atoms with Gasteiger partial charge in [-0.25, -0.2) is 0 Å². The van der Waals surface area contributed by atoms with Crippen LogP contribution in [0.2, 0.25) is 0 Å². The van der Waals surface area contributed by atoms with Crippen molar-refractivity contribution in [1.29, 1.82) is 0 Å². The molecule has 1 amide bonds. The molecule has 0 saturated carbocycles. The van der Waals surface area contributed by atoms with Crippen LogP contribution in [0.25, 0.3) is 11.1 Å². The second kappa shape index (κ2) is 5.52. The van der Waals surface area contributed by atoms with E-state index in [9.17, 15) is 4.79 Å². The number of oxazole rings is 1. The van der Waals surface area contributed by atoms with Crippen LogP contribution in [0.15, 0.2) is 46.9 Å². The van der Waals surface area contributed by atoms with E-state index in [1.165, 1.54) is 5.56 Å². The molecular weight excluding hydrogens is 278 g/mol. The summed E-state index contributed by atoms with van der Waals surface area (Å²) in [6, 6.07) is 13.2. The fraction of sp³-hybridized carbons (Fsp3) is 0.176. The van der Waals surface area contributed by atoms with Gasteiger partial charge in [0.15, 0.2) is 5.58 Å². The van der Waals surface area contributed by atoms with Crippen molar-refractivity contribution in [3.05, 3.63) is 53.6 Å². The van der Waals surface area contributed by atoms with E-state index in [1.807, 2.05) is 24.3 Å². The minimum Gasteiger partial charge on any atom is -0.424 e. The van der Waals surface area contributed by atoms with E-state index in [1.54, 1.807) is 30.1 Å². The van der Waals surface area contributed by atoms with Crippen LogP contribution in [0.3, 0.4) is 0 Å². The average molecular weight is 295 g/mol. The second-order valence-corrected chi connectivity index (χ2v) is 5.12. The van der Waals surface area contributed by atoms with E-state index >= 15 is 0 Å². The largest absolute Gasteiger partial charge is 0.424 e. The Morgan fingerprint density at radius 3 is 2.86 bits per heavy atom. The lowest BCUT2D eigenvalue weighted by atomic mass is 10.1. The number of carbonyl (C=O) groups excluding carboxylic acids is 1. The summed E-state index contributed by atoms with van der Waals surface area (Å²) < 4.78 is 5.22. The molecule has 0 bridgehead atoms. The molecule has 0 radical (unpaired) electrons. The zero-order valence-electron chi connectivity index (χ0n) is 12.5. The van der Waals surface area contributed by atoms with Crippen molar-refractivity contribution in [2.75, 3.05) is 17.7 Å². The van der Waals surface area contributed by atoms with Gasteiger partial charge in [-0.2, -0.15) is 4.98 Å². The lowest BCUT2D eigenvalue weighted by molar-refractivity contribution is 0.0993. The molecule has 0 saturated heterocycles. The first-order valence-corrected chi connectivity index (χ1v) is 7.11. The molecule has 1 heterocycles. The Kier molecular flexibility index (Phi) is 3.55. The summed E-state index contributed by atoms with van der Waals surface area (Å²) in [5.74, 6) is -0.100. The van der Waals surface area contributed by atoms with Gasteiger partial charge >= 0.3 is 0 Å². The Hall–Kier alpha value is -2.82. The molecule has 0 atom stereocenters. The van der Waals surface area contributed by atoms with Crippen LogP contribution in [0.1, 0.15) is 22.8 Å². The van der Waals surface area contributed by atoms with Crippen molar-refractivity contribution in [3.63, 3.8) is 0 Å². The van der Waals surface area contributed by atoms with E-state index in [0.717, 1.165) is 12.1 Å². The minimum atomic E-state index is -0.100. The third-order valence-electron chi connectivity index (χ3n) is 3.66. The second-order valence-electron chi connectivity index (χ2n) is 5.12. The number of nitrogens with zero attached hydrogens (tertiary/aromatic N) is 2. The van der Waals surface area contributed by atoms with Gasteiger partial charge in [-0.05, 0) is 42.3 Å². The standard InChI is InChI=1S/C17H17N3O2/c1-3-11-5-4-6-13(9-11)20(2)16(21)12-7-8-15-14(10-12)19-17(18)22-15/h4-10H,3H2,1-2H3,(H2,18,19). The number of rotatable bonds is 3. The molecule has 0 aliphatic carbocycles. The van der Waals surface area contributed by atoms with Crippen LogP contribution < -0.4 is 10.6 Å². The number of hydrogen-bond acceptors (Lipinski definition) is 4. The Labute approximate surface area is 128 Å².